The first-order valence-corrected chi connectivity index (χ1v) is 11.8. The van der Waals surface area contributed by atoms with E-state index >= 15 is 0 Å². The number of carbonyl (C=O) groups excluding carboxylic acids is 1. The van der Waals surface area contributed by atoms with Gasteiger partial charge in [0.25, 0.3) is 0 Å². The second kappa shape index (κ2) is 7.84. The van der Waals surface area contributed by atoms with E-state index in [9.17, 15) is 4.79 Å². The van der Waals surface area contributed by atoms with Gasteiger partial charge in [0.05, 0.1) is 22.4 Å². The summed E-state index contributed by atoms with van der Waals surface area (Å²) in [4.78, 5) is 12.8. The van der Waals surface area contributed by atoms with E-state index in [2.05, 4.69) is 47.8 Å². The molecule has 1 amide bonds. The molecule has 0 saturated heterocycles. The number of thioether (sulfide) groups is 1. The quantitative estimate of drug-likeness (QED) is 0.435. The maximum absolute atomic E-state index is 12.8. The van der Waals surface area contributed by atoms with Gasteiger partial charge in [-0.05, 0) is 35.3 Å². The Morgan fingerprint density at radius 2 is 1.62 bits per heavy atom. The maximum atomic E-state index is 12.8. The van der Waals surface area contributed by atoms with Crippen LogP contribution in [0.3, 0.4) is 0 Å². The lowest BCUT2D eigenvalue weighted by Crippen LogP contribution is -2.15. The van der Waals surface area contributed by atoms with Crippen LogP contribution in [0.25, 0.3) is 22.5 Å². The number of fused-ring (bicyclic) bond motifs is 2. The third kappa shape index (κ3) is 3.17. The lowest BCUT2D eigenvalue weighted by Gasteiger charge is -2.18. The van der Waals surface area contributed by atoms with Crippen LogP contribution in [0.1, 0.15) is 21.9 Å². The van der Waals surface area contributed by atoms with Crippen molar-refractivity contribution in [2.45, 2.75) is 11.7 Å². The summed E-state index contributed by atoms with van der Waals surface area (Å²) in [7, 11) is 0. The number of hydrogen-bond acceptors (Lipinski definition) is 3. The molecule has 1 aliphatic heterocycles. The average Bonchev–Trinajstić information content (AvgIpc) is 3.39. The van der Waals surface area contributed by atoms with Crippen molar-refractivity contribution in [3.05, 3.63) is 108 Å². The van der Waals surface area contributed by atoms with Gasteiger partial charge in [0.15, 0.2) is 0 Å². The van der Waals surface area contributed by atoms with Crippen molar-refractivity contribution in [2.75, 3.05) is 11.1 Å². The molecule has 5 heteroatoms. The highest BCUT2D eigenvalue weighted by Crippen LogP contribution is 2.51. The minimum absolute atomic E-state index is 0.00215. The summed E-state index contributed by atoms with van der Waals surface area (Å²) in [6.45, 7) is 0. The molecule has 0 spiro atoms. The van der Waals surface area contributed by atoms with Gasteiger partial charge in [-0.2, -0.15) is 5.10 Å². The summed E-state index contributed by atoms with van der Waals surface area (Å²) in [5, 5.41) is 8.23. The Bertz CT molecular complexity index is 1340. The molecule has 0 bridgehead atoms. The van der Waals surface area contributed by atoms with Crippen LogP contribution in [0.5, 0.6) is 0 Å². The normalized spacial score (nSPS) is 17.2. The lowest BCUT2D eigenvalue weighted by molar-refractivity contribution is -0.113. The van der Waals surface area contributed by atoms with E-state index in [4.69, 9.17) is 5.10 Å². The smallest absolute Gasteiger partial charge is 0.235 e. The van der Waals surface area contributed by atoms with E-state index in [1.54, 1.807) is 11.8 Å². The molecule has 1 aromatic heterocycles. The van der Waals surface area contributed by atoms with Crippen molar-refractivity contribution in [3.63, 3.8) is 0 Å². The Morgan fingerprint density at radius 1 is 0.906 bits per heavy atom. The fourth-order valence-corrected chi connectivity index (χ4v) is 5.76. The fraction of sp³-hybridized carbons (Fsp3) is 0.111. The van der Waals surface area contributed by atoms with Gasteiger partial charge >= 0.3 is 0 Å². The van der Waals surface area contributed by atoms with E-state index < -0.39 is 0 Å². The Labute approximate surface area is 191 Å². The number of amides is 1. The number of para-hydroxylation sites is 1. The highest BCUT2D eigenvalue weighted by molar-refractivity contribution is 8.00. The highest BCUT2D eigenvalue weighted by atomic mass is 32.2. The van der Waals surface area contributed by atoms with Gasteiger partial charge in [0, 0.05) is 11.1 Å². The number of benzene rings is 3. The van der Waals surface area contributed by atoms with Crippen molar-refractivity contribution in [1.82, 2.24) is 9.78 Å². The Hall–Kier alpha value is -3.57. The zero-order chi connectivity index (χ0) is 21.5. The molecule has 32 heavy (non-hydrogen) atoms. The molecule has 1 unspecified atom stereocenters. The molecule has 0 saturated carbocycles. The monoisotopic (exact) mass is 435 g/mol. The number of anilines is 1. The van der Waals surface area contributed by atoms with Crippen LogP contribution >= 0.6 is 11.8 Å². The summed E-state index contributed by atoms with van der Waals surface area (Å²) in [5.74, 6) is 1.17. The van der Waals surface area contributed by atoms with Crippen molar-refractivity contribution in [3.8, 4) is 16.9 Å². The molecule has 4 aromatic rings. The summed E-state index contributed by atoms with van der Waals surface area (Å²) < 4.78 is 1.88. The predicted molar refractivity (Wildman–Crippen MR) is 131 cm³/mol. The molecular weight excluding hydrogens is 414 g/mol. The molecule has 1 aliphatic carbocycles. The molecule has 6 rings (SSSR count). The number of nitrogens with one attached hydrogen (secondary N) is 1. The topological polar surface area (TPSA) is 46.9 Å². The lowest BCUT2D eigenvalue weighted by atomic mass is 9.96. The summed E-state index contributed by atoms with van der Waals surface area (Å²) in [6, 6.07) is 28.8. The van der Waals surface area contributed by atoms with E-state index in [1.807, 2.05) is 53.2 Å². The van der Waals surface area contributed by atoms with Crippen LogP contribution in [-0.4, -0.2) is 21.4 Å². The van der Waals surface area contributed by atoms with Gasteiger partial charge in [-0.1, -0.05) is 78.9 Å². The van der Waals surface area contributed by atoms with E-state index in [0.29, 0.717) is 5.75 Å². The van der Waals surface area contributed by atoms with Crippen LogP contribution in [0, 0.1) is 0 Å². The molecule has 2 heterocycles. The minimum Gasteiger partial charge on any atom is -0.310 e. The molecule has 0 radical (unpaired) electrons. The number of carbonyl (C=O) groups is 1. The van der Waals surface area contributed by atoms with Gasteiger partial charge in [-0.15, -0.1) is 11.8 Å². The van der Waals surface area contributed by atoms with Gasteiger partial charge in [0.1, 0.15) is 5.82 Å². The van der Waals surface area contributed by atoms with Crippen LogP contribution < -0.4 is 5.32 Å². The van der Waals surface area contributed by atoms with E-state index in [0.717, 1.165) is 34.7 Å². The third-order valence-electron chi connectivity index (χ3n) is 6.02. The number of rotatable bonds is 3. The number of hydrogen-bond donors (Lipinski definition) is 1. The molecule has 156 valence electrons. The van der Waals surface area contributed by atoms with Crippen LogP contribution in [0.15, 0.2) is 91.0 Å². The van der Waals surface area contributed by atoms with Crippen LogP contribution in [0.2, 0.25) is 0 Å². The largest absolute Gasteiger partial charge is 0.310 e. The first-order valence-electron chi connectivity index (χ1n) is 10.7. The van der Waals surface area contributed by atoms with Crippen molar-refractivity contribution in [2.24, 2.45) is 0 Å². The minimum atomic E-state index is 0.00215. The third-order valence-corrected chi connectivity index (χ3v) is 7.28. The highest BCUT2D eigenvalue weighted by Gasteiger charge is 2.35. The average molecular weight is 436 g/mol. The zero-order valence-corrected chi connectivity index (χ0v) is 18.2. The second-order valence-electron chi connectivity index (χ2n) is 7.98. The van der Waals surface area contributed by atoms with Gasteiger partial charge in [0.2, 0.25) is 5.91 Å². The Morgan fingerprint density at radius 3 is 2.44 bits per heavy atom. The Kier molecular flexibility index (Phi) is 4.69. The maximum Gasteiger partial charge on any atom is 0.235 e. The number of aromatic nitrogens is 2. The van der Waals surface area contributed by atoms with Crippen molar-refractivity contribution in [1.29, 1.82) is 0 Å². The van der Waals surface area contributed by atoms with Crippen LogP contribution in [-0.2, 0) is 11.2 Å². The van der Waals surface area contributed by atoms with Gasteiger partial charge in [-0.3, -0.25) is 4.79 Å². The molecule has 3 aromatic carbocycles. The van der Waals surface area contributed by atoms with Gasteiger partial charge < -0.3 is 5.32 Å². The van der Waals surface area contributed by atoms with E-state index in [1.165, 1.54) is 16.7 Å². The number of nitrogens with zero attached hydrogens (tertiary/aromatic N) is 2. The first kappa shape index (κ1) is 19.1. The van der Waals surface area contributed by atoms with E-state index in [-0.39, 0.29) is 11.2 Å². The molecule has 2 aliphatic rings. The second-order valence-corrected chi connectivity index (χ2v) is 9.08. The molecule has 0 fully saturated rings. The summed E-state index contributed by atoms with van der Waals surface area (Å²) in [5.41, 5.74) is 7.84. The molecular formula is C27H21N3OS. The first-order chi connectivity index (χ1) is 15.8. The van der Waals surface area contributed by atoms with Gasteiger partial charge in [-0.25, -0.2) is 4.68 Å². The fourth-order valence-electron chi connectivity index (χ4n) is 4.58. The van der Waals surface area contributed by atoms with Crippen molar-refractivity contribution < 1.29 is 4.79 Å². The molecule has 4 nitrogen and oxygen atoms in total. The SMILES string of the molecule is O=C1CSC(C2=CCc3ccccc32)c2c(-c3ccccc3)nn(-c3ccccc3)c2N1. The molecule has 1 N–H and O–H groups in total. The standard InChI is InChI=1S/C27H21N3OS/c31-23-17-32-26(22-16-15-18-9-7-8-14-21(18)22)24-25(19-10-3-1-4-11-19)29-30(27(24)28-23)20-12-5-2-6-13-20/h1-14,16,26H,15,17H2,(H,28,31). The predicted octanol–water partition coefficient (Wildman–Crippen LogP) is 5.91. The zero-order valence-electron chi connectivity index (χ0n) is 17.4. The number of allylic oxidation sites excluding steroid dienone is 1. The summed E-state index contributed by atoms with van der Waals surface area (Å²) >= 11 is 1.68. The Balaban J connectivity index is 1.61. The molecule has 1 atom stereocenters. The van der Waals surface area contributed by atoms with Crippen molar-refractivity contribution >= 4 is 29.1 Å². The summed E-state index contributed by atoms with van der Waals surface area (Å²) in [6.07, 6.45) is 3.24. The van der Waals surface area contributed by atoms with Crippen LogP contribution in [0.4, 0.5) is 5.82 Å².